The van der Waals surface area contributed by atoms with Crippen LogP contribution >= 0.6 is 0 Å². The lowest BCUT2D eigenvalue weighted by atomic mass is 10.1. The molecule has 0 aromatic heterocycles. The van der Waals surface area contributed by atoms with E-state index in [1.165, 1.54) is 4.31 Å². The Morgan fingerprint density at radius 2 is 2.09 bits per heavy atom. The summed E-state index contributed by atoms with van der Waals surface area (Å²) in [6, 6.07) is 5.25. The van der Waals surface area contributed by atoms with Gasteiger partial charge in [0.15, 0.2) is 0 Å². The van der Waals surface area contributed by atoms with Crippen LogP contribution in [-0.2, 0) is 16.4 Å². The smallest absolute Gasteiger partial charge is 0.319 e. The van der Waals surface area contributed by atoms with Gasteiger partial charge in [-0.1, -0.05) is 19.9 Å². The largest absolute Gasteiger partial charge is 0.335 e. The van der Waals surface area contributed by atoms with Gasteiger partial charge in [-0.3, -0.25) is 4.31 Å². The van der Waals surface area contributed by atoms with Crippen LogP contribution in [0.3, 0.4) is 0 Å². The van der Waals surface area contributed by atoms with Crippen LogP contribution in [0.5, 0.6) is 0 Å². The first-order valence-electron chi connectivity index (χ1n) is 8.08. The fourth-order valence-electron chi connectivity index (χ4n) is 2.58. The van der Waals surface area contributed by atoms with Gasteiger partial charge in [-0.2, -0.15) is 0 Å². The van der Waals surface area contributed by atoms with Crippen LogP contribution in [0, 0.1) is 0 Å². The van der Waals surface area contributed by atoms with E-state index in [0.29, 0.717) is 30.8 Å². The van der Waals surface area contributed by atoms with Gasteiger partial charge in [-0.05, 0) is 43.9 Å². The van der Waals surface area contributed by atoms with Gasteiger partial charge >= 0.3 is 6.03 Å². The number of hydrogen-bond donors (Lipinski definition) is 2. The summed E-state index contributed by atoms with van der Waals surface area (Å²) >= 11 is 0. The lowest BCUT2D eigenvalue weighted by Gasteiger charge is -2.20. The van der Waals surface area contributed by atoms with Gasteiger partial charge in [0.05, 0.1) is 11.4 Å². The molecule has 1 heterocycles. The molecule has 128 valence electrons. The molecule has 0 unspecified atom stereocenters. The minimum absolute atomic E-state index is 0.0888. The highest BCUT2D eigenvalue weighted by Gasteiger charge is 2.28. The van der Waals surface area contributed by atoms with Crippen LogP contribution in [-0.4, -0.2) is 32.8 Å². The van der Waals surface area contributed by atoms with Crippen molar-refractivity contribution in [2.45, 2.75) is 46.1 Å². The molecule has 0 fully saturated rings. The third-order valence-corrected chi connectivity index (χ3v) is 5.96. The lowest BCUT2D eigenvalue weighted by Crippen LogP contribution is -2.35. The second-order valence-corrected chi connectivity index (χ2v) is 7.90. The van der Waals surface area contributed by atoms with Crippen molar-refractivity contribution in [2.75, 3.05) is 21.9 Å². The molecule has 0 radical (unpaired) electrons. The van der Waals surface area contributed by atoms with Crippen molar-refractivity contribution in [3.05, 3.63) is 23.8 Å². The molecule has 1 aliphatic rings. The molecule has 1 aromatic carbocycles. The van der Waals surface area contributed by atoms with Gasteiger partial charge < -0.3 is 10.6 Å². The van der Waals surface area contributed by atoms with Gasteiger partial charge in [0.2, 0.25) is 10.0 Å². The second-order valence-electron chi connectivity index (χ2n) is 5.89. The van der Waals surface area contributed by atoms with Crippen LogP contribution in [0.1, 0.15) is 39.2 Å². The summed E-state index contributed by atoms with van der Waals surface area (Å²) in [5, 5.41) is 5.59. The molecule has 1 atom stereocenters. The van der Waals surface area contributed by atoms with E-state index >= 15 is 0 Å². The summed E-state index contributed by atoms with van der Waals surface area (Å²) in [6.45, 7) is 6.25. The first kappa shape index (κ1) is 17.6. The van der Waals surface area contributed by atoms with Crippen molar-refractivity contribution in [3.63, 3.8) is 0 Å². The van der Waals surface area contributed by atoms with Gasteiger partial charge in [0.25, 0.3) is 0 Å². The average molecular weight is 339 g/mol. The minimum atomic E-state index is -3.29. The number of rotatable bonds is 6. The quantitative estimate of drug-likeness (QED) is 0.836. The predicted molar refractivity (Wildman–Crippen MR) is 93.5 cm³/mol. The van der Waals surface area contributed by atoms with Crippen LogP contribution < -0.4 is 14.9 Å². The zero-order valence-corrected chi connectivity index (χ0v) is 14.7. The predicted octanol–water partition coefficient (Wildman–Crippen LogP) is 2.71. The molecule has 0 saturated carbocycles. The number of carbonyl (C=O) groups is 1. The van der Waals surface area contributed by atoms with Crippen molar-refractivity contribution in [2.24, 2.45) is 0 Å². The first-order chi connectivity index (χ1) is 10.9. The maximum Gasteiger partial charge on any atom is 0.319 e. The number of nitrogens with one attached hydrogen (secondary N) is 2. The molecule has 1 aromatic rings. The summed E-state index contributed by atoms with van der Waals surface area (Å²) in [6.07, 6.45) is 2.14. The molecule has 2 rings (SSSR count). The van der Waals surface area contributed by atoms with Crippen molar-refractivity contribution in [1.82, 2.24) is 5.32 Å². The molecule has 0 aliphatic carbocycles. The number of sulfonamides is 1. The van der Waals surface area contributed by atoms with E-state index < -0.39 is 10.0 Å². The Labute approximate surface area is 138 Å². The fourth-order valence-corrected chi connectivity index (χ4v) is 4.15. The number of anilines is 2. The van der Waals surface area contributed by atoms with Crippen LogP contribution in [0.15, 0.2) is 18.2 Å². The van der Waals surface area contributed by atoms with E-state index in [4.69, 9.17) is 0 Å². The van der Waals surface area contributed by atoms with Gasteiger partial charge in [-0.15, -0.1) is 0 Å². The number of carbonyl (C=O) groups excluding carboxylic acids is 1. The summed E-state index contributed by atoms with van der Waals surface area (Å²) in [4.78, 5) is 11.9. The number of amides is 2. The minimum Gasteiger partial charge on any atom is -0.335 e. The maximum atomic E-state index is 12.3. The lowest BCUT2D eigenvalue weighted by molar-refractivity contribution is 0.249. The highest BCUT2D eigenvalue weighted by atomic mass is 32.2. The molecule has 6 nitrogen and oxygen atoms in total. The van der Waals surface area contributed by atoms with Crippen LogP contribution in [0.2, 0.25) is 0 Å². The topological polar surface area (TPSA) is 78.5 Å². The zero-order valence-electron chi connectivity index (χ0n) is 13.9. The summed E-state index contributed by atoms with van der Waals surface area (Å²) in [7, 11) is -3.29. The standard InChI is InChI=1S/C16H25N3O3S/c1-4-10-23(21,22)19-9-8-13-6-7-14(11-15(13)19)18-16(20)17-12(3)5-2/h6-7,11-12H,4-5,8-10H2,1-3H3,(H2,17,18,20)/t12-/m1/s1. The summed E-state index contributed by atoms with van der Waals surface area (Å²) in [5.74, 6) is 0.137. The SMILES string of the molecule is CCCS(=O)(=O)N1CCc2ccc(NC(=O)N[C@H](C)CC)cc21. The van der Waals surface area contributed by atoms with E-state index in [-0.39, 0.29) is 17.8 Å². The molecule has 23 heavy (non-hydrogen) atoms. The molecular formula is C16H25N3O3S. The van der Waals surface area contributed by atoms with E-state index in [9.17, 15) is 13.2 Å². The monoisotopic (exact) mass is 339 g/mol. The molecule has 0 spiro atoms. The van der Waals surface area contributed by atoms with E-state index in [0.717, 1.165) is 12.0 Å². The van der Waals surface area contributed by atoms with Gasteiger partial charge in [0.1, 0.15) is 0 Å². The van der Waals surface area contributed by atoms with Gasteiger partial charge in [-0.25, -0.2) is 13.2 Å². The Morgan fingerprint density at radius 3 is 2.74 bits per heavy atom. The highest BCUT2D eigenvalue weighted by Crippen LogP contribution is 2.33. The maximum absolute atomic E-state index is 12.3. The van der Waals surface area contributed by atoms with Crippen LogP contribution in [0.4, 0.5) is 16.2 Å². The van der Waals surface area contributed by atoms with Gasteiger partial charge in [0, 0.05) is 18.3 Å². The molecule has 7 heteroatoms. The number of urea groups is 1. The Hall–Kier alpha value is -1.76. The normalized spacial score (nSPS) is 15.2. The van der Waals surface area contributed by atoms with E-state index in [2.05, 4.69) is 10.6 Å². The van der Waals surface area contributed by atoms with E-state index in [1.54, 1.807) is 6.07 Å². The number of fused-ring (bicyclic) bond motifs is 1. The second kappa shape index (κ2) is 7.21. The number of benzene rings is 1. The Morgan fingerprint density at radius 1 is 1.35 bits per heavy atom. The Kier molecular flexibility index (Phi) is 5.51. The first-order valence-corrected chi connectivity index (χ1v) is 9.69. The van der Waals surface area contributed by atoms with Crippen LogP contribution in [0.25, 0.3) is 0 Å². The van der Waals surface area contributed by atoms with Crippen molar-refractivity contribution >= 4 is 27.4 Å². The fraction of sp³-hybridized carbons (Fsp3) is 0.562. The summed E-state index contributed by atoms with van der Waals surface area (Å²) < 4.78 is 26.1. The van der Waals surface area contributed by atoms with E-state index in [1.807, 2.05) is 32.9 Å². The Balaban J connectivity index is 2.17. The number of hydrogen-bond acceptors (Lipinski definition) is 3. The zero-order chi connectivity index (χ0) is 17.0. The average Bonchev–Trinajstić information content (AvgIpc) is 2.90. The Bertz CT molecular complexity index is 673. The molecule has 0 saturated heterocycles. The molecule has 1 aliphatic heterocycles. The van der Waals surface area contributed by atoms with Crippen molar-refractivity contribution in [1.29, 1.82) is 0 Å². The van der Waals surface area contributed by atoms with Crippen molar-refractivity contribution in [3.8, 4) is 0 Å². The molecule has 0 bridgehead atoms. The summed E-state index contributed by atoms with van der Waals surface area (Å²) in [5.41, 5.74) is 2.28. The molecule has 2 amide bonds. The molecule has 2 N–H and O–H groups in total. The number of nitrogens with zero attached hydrogens (tertiary/aromatic N) is 1. The van der Waals surface area contributed by atoms with Crippen molar-refractivity contribution < 1.29 is 13.2 Å². The highest BCUT2D eigenvalue weighted by molar-refractivity contribution is 7.92. The third-order valence-electron chi connectivity index (χ3n) is 3.98. The molecular weight excluding hydrogens is 314 g/mol. The third kappa shape index (κ3) is 4.16.